The van der Waals surface area contributed by atoms with E-state index in [0.29, 0.717) is 25.7 Å². The molecule has 3 N–H and O–H groups in total. The summed E-state index contributed by atoms with van der Waals surface area (Å²) in [5.74, 6) is -2.15. The molecule has 0 saturated heterocycles. The van der Waals surface area contributed by atoms with Gasteiger partial charge in [0.25, 0.3) is 0 Å². The molecule has 0 bridgehead atoms. The molecule has 0 rings (SSSR count). The lowest BCUT2D eigenvalue weighted by atomic mass is 10.0. The van der Waals surface area contributed by atoms with Crippen molar-refractivity contribution in [2.24, 2.45) is 0 Å². The number of hydrogen-bond donors (Lipinski definition) is 3. The molecule has 17 nitrogen and oxygen atoms in total. The van der Waals surface area contributed by atoms with Crippen LogP contribution in [0.4, 0.5) is 0 Å². The first kappa shape index (κ1) is 77.1. The third-order valence-electron chi connectivity index (χ3n) is 13.9. The number of phosphoric acid groups is 2. The van der Waals surface area contributed by atoms with Crippen LogP contribution in [0.25, 0.3) is 0 Å². The number of carbonyl (C=O) groups excluding carboxylic acids is 4. The highest BCUT2D eigenvalue weighted by molar-refractivity contribution is 7.47. The molecule has 19 heteroatoms. The highest BCUT2D eigenvalue weighted by Crippen LogP contribution is 2.45. The Kier molecular flexibility index (Phi) is 53.9. The Labute approximate surface area is 479 Å². The van der Waals surface area contributed by atoms with Crippen molar-refractivity contribution in [3.63, 3.8) is 0 Å². The fourth-order valence-electron chi connectivity index (χ4n) is 8.93. The third kappa shape index (κ3) is 55.0. The maximum atomic E-state index is 12.9. The minimum absolute atomic E-state index is 0.106. The van der Waals surface area contributed by atoms with Gasteiger partial charge in [-0.2, -0.15) is 0 Å². The Morgan fingerprint density at radius 3 is 0.747 bits per heavy atom. The highest BCUT2D eigenvalue weighted by atomic mass is 31.2. The van der Waals surface area contributed by atoms with E-state index in [9.17, 15) is 43.2 Å². The second-order valence-electron chi connectivity index (χ2n) is 21.7. The minimum Gasteiger partial charge on any atom is -0.462 e. The van der Waals surface area contributed by atoms with Crippen molar-refractivity contribution in [3.05, 3.63) is 0 Å². The van der Waals surface area contributed by atoms with Gasteiger partial charge in [-0.1, -0.05) is 252 Å². The van der Waals surface area contributed by atoms with Crippen LogP contribution >= 0.6 is 15.6 Å². The van der Waals surface area contributed by atoms with E-state index < -0.39 is 97.5 Å². The smallest absolute Gasteiger partial charge is 0.462 e. The molecule has 0 aromatic rings. The van der Waals surface area contributed by atoms with Gasteiger partial charge in [0.2, 0.25) is 0 Å². The van der Waals surface area contributed by atoms with Gasteiger partial charge in [-0.15, -0.1) is 0 Å². The Hall–Kier alpha value is -1.94. The number of esters is 4. The molecular formula is C60H116O17P2. The Balaban J connectivity index is 5.17. The van der Waals surface area contributed by atoms with Crippen LogP contribution in [-0.2, 0) is 65.4 Å². The van der Waals surface area contributed by atoms with Crippen molar-refractivity contribution in [1.29, 1.82) is 0 Å². The molecular weight excluding hydrogens is 1050 g/mol. The van der Waals surface area contributed by atoms with Crippen molar-refractivity contribution in [2.75, 3.05) is 39.6 Å². The maximum absolute atomic E-state index is 12.9. The largest absolute Gasteiger partial charge is 0.472 e. The normalized spacial score (nSPS) is 14.3. The molecule has 0 saturated carbocycles. The van der Waals surface area contributed by atoms with Crippen LogP contribution in [-0.4, -0.2) is 96.7 Å². The van der Waals surface area contributed by atoms with Crippen molar-refractivity contribution in [3.8, 4) is 0 Å². The predicted molar refractivity (Wildman–Crippen MR) is 312 cm³/mol. The molecule has 0 aliphatic heterocycles. The summed E-state index contributed by atoms with van der Waals surface area (Å²) in [7, 11) is -9.87. The summed E-state index contributed by atoms with van der Waals surface area (Å²) >= 11 is 0. The van der Waals surface area contributed by atoms with Crippen LogP contribution in [0.2, 0.25) is 0 Å². The number of aliphatic hydroxyl groups is 1. The van der Waals surface area contributed by atoms with Gasteiger partial charge in [-0.25, -0.2) is 9.13 Å². The molecule has 0 spiro atoms. The van der Waals surface area contributed by atoms with E-state index in [4.69, 9.17) is 37.0 Å². The van der Waals surface area contributed by atoms with Crippen LogP contribution < -0.4 is 0 Å². The average molecular weight is 1170 g/mol. The monoisotopic (exact) mass is 1170 g/mol. The average Bonchev–Trinajstić information content (AvgIpc) is 3.42. The molecule has 2 unspecified atom stereocenters. The Bertz CT molecular complexity index is 1540. The molecule has 0 aliphatic carbocycles. The molecule has 0 aromatic carbocycles. The summed E-state index contributed by atoms with van der Waals surface area (Å²) in [5.41, 5.74) is 0. The van der Waals surface area contributed by atoms with Crippen molar-refractivity contribution >= 4 is 39.5 Å². The molecule has 0 amide bonds. The summed E-state index contributed by atoms with van der Waals surface area (Å²) in [6, 6.07) is 0. The summed E-state index contributed by atoms with van der Waals surface area (Å²) in [5, 5.41) is 10.5. The van der Waals surface area contributed by atoms with Crippen LogP contribution in [0.1, 0.15) is 304 Å². The fourth-order valence-corrected chi connectivity index (χ4v) is 10.5. The lowest BCUT2D eigenvalue weighted by molar-refractivity contribution is -0.161. The van der Waals surface area contributed by atoms with Crippen molar-refractivity contribution < 1.29 is 80.2 Å². The lowest BCUT2D eigenvalue weighted by Crippen LogP contribution is -2.30. The van der Waals surface area contributed by atoms with Crippen molar-refractivity contribution in [2.45, 2.75) is 322 Å². The first-order valence-electron chi connectivity index (χ1n) is 31.8. The van der Waals surface area contributed by atoms with Gasteiger partial charge in [-0.3, -0.25) is 37.3 Å². The van der Waals surface area contributed by atoms with Gasteiger partial charge in [0.15, 0.2) is 12.2 Å². The standard InChI is InChI=1S/C60H116O17P2/c1-5-9-13-17-20-23-26-27-29-32-35-39-43-47-60(65)77-56(51-71-58(63)45-41-37-33-31-28-24-21-18-14-10-6-2)53-75-79(68,69)73-49-54(61)48-72-78(66,67)74-52-55(50-70-57(62)44-40-36-16-12-8-4)76-59(64)46-42-38-34-30-25-22-19-15-11-7-3/h54-56,61H,5-53H2,1-4H3,(H,66,67)(H,68,69)/t54-,55+,56+/m0/s1. The minimum atomic E-state index is -4.94. The fraction of sp³-hybridized carbons (Fsp3) is 0.933. The number of hydrogen-bond acceptors (Lipinski definition) is 15. The maximum Gasteiger partial charge on any atom is 0.472 e. The zero-order valence-electron chi connectivity index (χ0n) is 50.3. The summed E-state index contributed by atoms with van der Waals surface area (Å²) in [6.45, 7) is 4.77. The molecule has 79 heavy (non-hydrogen) atoms. The first-order chi connectivity index (χ1) is 38.2. The number of phosphoric ester groups is 2. The van der Waals surface area contributed by atoms with E-state index in [0.717, 1.165) is 96.3 Å². The van der Waals surface area contributed by atoms with Gasteiger partial charge in [0, 0.05) is 25.7 Å². The zero-order valence-corrected chi connectivity index (χ0v) is 52.1. The SMILES string of the molecule is CCCCCCCCCCCCCCCC(=O)O[C@H](COC(=O)CCCCCCCCCCCCC)COP(=O)(O)OC[C@@H](O)COP(=O)(O)OC[C@@H](COC(=O)CCCCCCC)OC(=O)CCCCCCCCCCCC. The van der Waals surface area contributed by atoms with Crippen LogP contribution in [0.5, 0.6) is 0 Å². The van der Waals surface area contributed by atoms with E-state index in [1.54, 1.807) is 0 Å². The van der Waals surface area contributed by atoms with Crippen molar-refractivity contribution in [1.82, 2.24) is 0 Å². The summed E-state index contributed by atoms with van der Waals surface area (Å²) in [6.07, 6.45) is 39.1. The number of unbranched alkanes of at least 4 members (excludes halogenated alkanes) is 35. The Morgan fingerprint density at radius 1 is 0.304 bits per heavy atom. The van der Waals surface area contributed by atoms with Crippen LogP contribution in [0, 0.1) is 0 Å². The van der Waals surface area contributed by atoms with E-state index in [2.05, 4.69) is 27.7 Å². The topological polar surface area (TPSA) is 237 Å². The van der Waals surface area contributed by atoms with E-state index in [1.165, 1.54) is 128 Å². The number of carbonyl (C=O) groups is 4. The summed E-state index contributed by atoms with van der Waals surface area (Å²) in [4.78, 5) is 71.8. The molecule has 468 valence electrons. The number of ether oxygens (including phenoxy) is 4. The third-order valence-corrected chi connectivity index (χ3v) is 15.8. The van der Waals surface area contributed by atoms with E-state index in [-0.39, 0.29) is 25.7 Å². The van der Waals surface area contributed by atoms with Gasteiger partial charge in [0.1, 0.15) is 19.3 Å². The highest BCUT2D eigenvalue weighted by Gasteiger charge is 2.30. The second-order valence-corrected chi connectivity index (χ2v) is 24.6. The van der Waals surface area contributed by atoms with Gasteiger partial charge in [-0.05, 0) is 25.7 Å². The van der Waals surface area contributed by atoms with Gasteiger partial charge >= 0.3 is 39.5 Å². The van der Waals surface area contributed by atoms with Gasteiger partial charge in [0.05, 0.1) is 26.4 Å². The molecule has 0 aliphatic rings. The lowest BCUT2D eigenvalue weighted by Gasteiger charge is -2.21. The molecule has 0 heterocycles. The Morgan fingerprint density at radius 2 is 0.506 bits per heavy atom. The van der Waals surface area contributed by atoms with Crippen LogP contribution in [0.15, 0.2) is 0 Å². The quantitative estimate of drug-likeness (QED) is 0.0222. The second kappa shape index (κ2) is 55.3. The summed E-state index contributed by atoms with van der Waals surface area (Å²) < 4.78 is 67.6. The molecule has 0 aromatic heterocycles. The number of aliphatic hydroxyl groups excluding tert-OH is 1. The number of rotatable bonds is 61. The molecule has 5 atom stereocenters. The molecule has 0 radical (unpaired) electrons. The predicted octanol–water partition coefficient (Wildman–Crippen LogP) is 16.4. The van der Waals surface area contributed by atoms with Gasteiger partial charge < -0.3 is 33.8 Å². The van der Waals surface area contributed by atoms with E-state index >= 15 is 0 Å². The first-order valence-corrected chi connectivity index (χ1v) is 34.8. The van der Waals surface area contributed by atoms with Crippen LogP contribution in [0.3, 0.4) is 0 Å². The zero-order chi connectivity index (χ0) is 58.3. The van der Waals surface area contributed by atoms with E-state index in [1.807, 2.05) is 0 Å². The molecule has 0 fully saturated rings.